The Balaban J connectivity index is 1.71. The van der Waals surface area contributed by atoms with E-state index >= 15 is 0 Å². The first-order valence-corrected chi connectivity index (χ1v) is 8.42. The third-order valence-corrected chi connectivity index (χ3v) is 4.97. The third kappa shape index (κ3) is 2.84. The molecule has 2 aromatic heterocycles. The summed E-state index contributed by atoms with van der Waals surface area (Å²) in [6, 6.07) is 6.26. The van der Waals surface area contributed by atoms with Crippen LogP contribution in [-0.4, -0.2) is 30.2 Å². The van der Waals surface area contributed by atoms with Crippen molar-refractivity contribution in [2.24, 2.45) is 7.05 Å². The highest BCUT2D eigenvalue weighted by molar-refractivity contribution is 5.85. The maximum atomic E-state index is 13.5. The molecule has 0 aliphatic heterocycles. The van der Waals surface area contributed by atoms with Crippen molar-refractivity contribution in [2.75, 3.05) is 5.73 Å². The van der Waals surface area contributed by atoms with Gasteiger partial charge in [0.05, 0.1) is 5.60 Å². The Hall–Kier alpha value is -2.54. The first kappa shape index (κ1) is 16.0. The van der Waals surface area contributed by atoms with Crippen LogP contribution >= 0.6 is 0 Å². The lowest BCUT2D eigenvalue weighted by molar-refractivity contribution is -0.0401. The maximum Gasteiger partial charge on any atom is 0.165 e. The molecule has 7 heteroatoms. The summed E-state index contributed by atoms with van der Waals surface area (Å²) in [5.74, 6) is 1.17. The number of aromatic nitrogens is 4. The van der Waals surface area contributed by atoms with E-state index in [1.807, 2.05) is 7.05 Å². The third-order valence-electron chi connectivity index (χ3n) is 4.97. The number of fused-ring (bicyclic) bond motifs is 1. The van der Waals surface area contributed by atoms with E-state index in [-0.39, 0.29) is 5.82 Å². The van der Waals surface area contributed by atoms with Gasteiger partial charge in [0.25, 0.3) is 0 Å². The van der Waals surface area contributed by atoms with E-state index in [1.165, 1.54) is 12.1 Å². The lowest BCUT2D eigenvalue weighted by Crippen LogP contribution is -2.37. The van der Waals surface area contributed by atoms with Crippen molar-refractivity contribution in [1.82, 2.24) is 19.5 Å². The lowest BCUT2D eigenvalue weighted by Gasteiger charge is -2.36. The number of imidazole rings is 1. The summed E-state index contributed by atoms with van der Waals surface area (Å²) in [4.78, 5) is 13.4. The zero-order valence-electron chi connectivity index (χ0n) is 14.0. The summed E-state index contributed by atoms with van der Waals surface area (Å²) in [7, 11) is 1.82. The van der Waals surface area contributed by atoms with Crippen molar-refractivity contribution in [3.8, 4) is 11.4 Å². The second-order valence-corrected chi connectivity index (χ2v) is 6.78. The summed E-state index contributed by atoms with van der Waals surface area (Å²) >= 11 is 0. The first-order valence-electron chi connectivity index (χ1n) is 8.42. The second-order valence-electron chi connectivity index (χ2n) is 6.78. The van der Waals surface area contributed by atoms with Crippen LogP contribution in [0.1, 0.15) is 31.5 Å². The molecule has 6 nitrogen and oxygen atoms in total. The van der Waals surface area contributed by atoms with Crippen LogP contribution in [-0.2, 0) is 13.5 Å². The Morgan fingerprint density at radius 3 is 2.76 bits per heavy atom. The number of hydrogen-bond acceptors (Lipinski definition) is 5. The van der Waals surface area contributed by atoms with Crippen molar-refractivity contribution in [3.05, 3.63) is 35.9 Å². The van der Waals surface area contributed by atoms with Gasteiger partial charge in [0.15, 0.2) is 17.0 Å². The number of hydrogen-bond donors (Lipinski definition) is 2. The van der Waals surface area contributed by atoms with E-state index in [2.05, 4.69) is 15.0 Å². The molecule has 1 fully saturated rings. The fourth-order valence-corrected chi connectivity index (χ4v) is 3.31. The van der Waals surface area contributed by atoms with Gasteiger partial charge in [-0.1, -0.05) is 12.1 Å². The molecule has 0 amide bonds. The van der Waals surface area contributed by atoms with E-state index < -0.39 is 5.60 Å². The average molecular weight is 341 g/mol. The number of nitrogens with zero attached hydrogens (tertiary/aromatic N) is 4. The van der Waals surface area contributed by atoms with Gasteiger partial charge in [0, 0.05) is 19.0 Å². The molecule has 0 saturated heterocycles. The van der Waals surface area contributed by atoms with E-state index in [1.54, 1.807) is 16.7 Å². The highest BCUT2D eigenvalue weighted by Crippen LogP contribution is 2.35. The van der Waals surface area contributed by atoms with Crippen LogP contribution in [0.5, 0.6) is 0 Å². The van der Waals surface area contributed by atoms with Gasteiger partial charge in [-0.2, -0.15) is 0 Å². The highest BCUT2D eigenvalue weighted by Gasteiger charge is 2.34. The van der Waals surface area contributed by atoms with Crippen molar-refractivity contribution in [3.63, 3.8) is 0 Å². The summed E-state index contributed by atoms with van der Waals surface area (Å²) in [5, 5.41) is 10.2. The number of aryl methyl sites for hydroxylation is 2. The number of rotatable bonds is 4. The molecule has 1 aliphatic carbocycles. The molecule has 0 spiro atoms. The number of nitrogen functional groups attached to an aromatic ring is 1. The van der Waals surface area contributed by atoms with Crippen LogP contribution in [0.2, 0.25) is 0 Å². The number of aliphatic hydroxyl groups is 1. The topological polar surface area (TPSA) is 89.9 Å². The molecule has 4 rings (SSSR count). The van der Waals surface area contributed by atoms with E-state index in [0.717, 1.165) is 19.3 Å². The zero-order chi connectivity index (χ0) is 17.6. The van der Waals surface area contributed by atoms with Crippen LogP contribution in [0.15, 0.2) is 24.3 Å². The molecule has 0 atom stereocenters. The minimum absolute atomic E-state index is 0.304. The molecule has 0 radical (unpaired) electrons. The van der Waals surface area contributed by atoms with Gasteiger partial charge >= 0.3 is 0 Å². The Labute approximate surface area is 144 Å². The molecule has 2 heterocycles. The first-order chi connectivity index (χ1) is 12.0. The molecule has 3 N–H and O–H groups in total. The monoisotopic (exact) mass is 341 g/mol. The number of nitrogens with two attached hydrogens (primary N) is 1. The van der Waals surface area contributed by atoms with Gasteiger partial charge in [0.1, 0.15) is 17.5 Å². The van der Waals surface area contributed by atoms with Crippen LogP contribution in [0, 0.1) is 5.82 Å². The van der Waals surface area contributed by atoms with E-state index in [9.17, 15) is 9.50 Å². The Bertz CT molecular complexity index is 948. The Morgan fingerprint density at radius 1 is 1.28 bits per heavy atom. The van der Waals surface area contributed by atoms with Crippen molar-refractivity contribution >= 4 is 17.0 Å². The number of halogens is 1. The average Bonchev–Trinajstić information content (AvgIpc) is 2.89. The summed E-state index contributed by atoms with van der Waals surface area (Å²) in [6.45, 7) is 0. The number of benzene rings is 1. The fourth-order valence-electron chi connectivity index (χ4n) is 3.31. The Morgan fingerprint density at radius 2 is 2.08 bits per heavy atom. The van der Waals surface area contributed by atoms with Crippen LogP contribution in [0.3, 0.4) is 0 Å². The highest BCUT2D eigenvalue weighted by atomic mass is 19.1. The summed E-state index contributed by atoms with van der Waals surface area (Å²) < 4.78 is 15.3. The van der Waals surface area contributed by atoms with Gasteiger partial charge in [-0.15, -0.1) is 0 Å². The van der Waals surface area contributed by atoms with E-state index in [0.29, 0.717) is 47.0 Å². The van der Waals surface area contributed by atoms with Crippen LogP contribution in [0.25, 0.3) is 22.6 Å². The smallest absolute Gasteiger partial charge is 0.165 e. The molecule has 130 valence electrons. The second kappa shape index (κ2) is 5.77. The quantitative estimate of drug-likeness (QED) is 0.761. The molecule has 0 unspecified atom stereocenters. The molecule has 0 bridgehead atoms. The largest absolute Gasteiger partial charge is 0.390 e. The van der Waals surface area contributed by atoms with Crippen LogP contribution in [0.4, 0.5) is 10.2 Å². The molecular formula is C18H20FN5O. The predicted octanol–water partition coefficient (Wildman–Crippen LogP) is 2.60. The van der Waals surface area contributed by atoms with E-state index in [4.69, 9.17) is 5.73 Å². The molecule has 25 heavy (non-hydrogen) atoms. The Kier molecular flexibility index (Phi) is 3.68. The lowest BCUT2D eigenvalue weighted by atomic mass is 9.77. The SMILES string of the molecule is Cn1c(-c2cccc(F)c2)nc2c(N)nc(CCC3(O)CCC3)nc21. The van der Waals surface area contributed by atoms with Gasteiger partial charge in [-0.05, 0) is 37.8 Å². The van der Waals surface area contributed by atoms with Gasteiger partial charge < -0.3 is 15.4 Å². The summed E-state index contributed by atoms with van der Waals surface area (Å²) in [6.07, 6.45) is 3.93. The minimum atomic E-state index is -0.577. The number of anilines is 1. The minimum Gasteiger partial charge on any atom is -0.390 e. The molecule has 1 saturated carbocycles. The van der Waals surface area contributed by atoms with Gasteiger partial charge in [-0.25, -0.2) is 19.3 Å². The molecule has 1 aliphatic rings. The van der Waals surface area contributed by atoms with Gasteiger partial charge in [-0.3, -0.25) is 0 Å². The van der Waals surface area contributed by atoms with Crippen molar-refractivity contribution in [2.45, 2.75) is 37.7 Å². The van der Waals surface area contributed by atoms with Gasteiger partial charge in [0.2, 0.25) is 0 Å². The van der Waals surface area contributed by atoms with Crippen LogP contribution < -0.4 is 5.73 Å². The van der Waals surface area contributed by atoms with Crippen molar-refractivity contribution in [1.29, 1.82) is 0 Å². The molecule has 1 aromatic carbocycles. The normalized spacial score (nSPS) is 16.1. The maximum absolute atomic E-state index is 13.5. The molecular weight excluding hydrogens is 321 g/mol. The fraction of sp³-hybridized carbons (Fsp3) is 0.389. The van der Waals surface area contributed by atoms with Crippen molar-refractivity contribution < 1.29 is 9.50 Å². The standard InChI is InChI=1S/C18H20FN5O/c1-24-16(11-4-2-5-12(19)10-11)23-14-15(20)21-13(22-17(14)24)6-9-18(25)7-3-8-18/h2,4-5,10,25H,3,6-9H2,1H3,(H2,20,21,22). The predicted molar refractivity (Wildman–Crippen MR) is 93.2 cm³/mol. The molecule has 3 aromatic rings. The summed E-state index contributed by atoms with van der Waals surface area (Å²) in [5.41, 5.74) is 7.27. The zero-order valence-corrected chi connectivity index (χ0v) is 14.0.